The van der Waals surface area contributed by atoms with Crippen LogP contribution in [0, 0.1) is 5.92 Å². The second-order valence-electron chi connectivity index (χ2n) is 5.66. The van der Waals surface area contributed by atoms with Crippen LogP contribution in [-0.2, 0) is 0 Å². The zero-order chi connectivity index (χ0) is 14.1. The van der Waals surface area contributed by atoms with Crippen LogP contribution in [0.1, 0.15) is 31.0 Å². The maximum atomic E-state index is 5.69. The molecule has 3 heterocycles. The minimum Gasteiger partial charge on any atom is -0.476 e. The Labute approximate surface area is 127 Å². The van der Waals surface area contributed by atoms with Crippen LogP contribution in [0.5, 0.6) is 5.88 Å². The Morgan fingerprint density at radius 1 is 1.29 bits per heavy atom. The first kappa shape index (κ1) is 12.9. The van der Waals surface area contributed by atoms with Gasteiger partial charge in [0.25, 0.3) is 0 Å². The van der Waals surface area contributed by atoms with Crippen molar-refractivity contribution in [1.82, 2.24) is 19.3 Å². The third-order valence-electron chi connectivity index (χ3n) is 3.94. The number of hydrogen-bond acceptors (Lipinski definition) is 7. The molecule has 0 amide bonds. The summed E-state index contributed by atoms with van der Waals surface area (Å²) in [5, 5.41) is 1.07. The molecule has 6 nitrogen and oxygen atoms in total. The van der Waals surface area contributed by atoms with Gasteiger partial charge in [0.05, 0.1) is 12.8 Å². The van der Waals surface area contributed by atoms with Gasteiger partial charge in [-0.1, -0.05) is 0 Å². The Hall–Kier alpha value is -1.76. The molecule has 1 atom stereocenters. The lowest BCUT2D eigenvalue weighted by molar-refractivity contribution is 0.251. The fourth-order valence-corrected chi connectivity index (χ4v) is 3.35. The maximum Gasteiger partial charge on any atom is 0.232 e. The molecular formula is C14H17N5OS. The van der Waals surface area contributed by atoms with Gasteiger partial charge in [-0.05, 0) is 19.3 Å². The van der Waals surface area contributed by atoms with Crippen molar-refractivity contribution < 1.29 is 4.74 Å². The van der Waals surface area contributed by atoms with E-state index in [-0.39, 0.29) is 0 Å². The van der Waals surface area contributed by atoms with Gasteiger partial charge in [0.15, 0.2) is 0 Å². The molecule has 1 saturated carbocycles. The highest BCUT2D eigenvalue weighted by Gasteiger charge is 2.30. The van der Waals surface area contributed by atoms with E-state index in [4.69, 9.17) is 4.74 Å². The molecule has 2 fully saturated rings. The number of ether oxygens (including phenoxy) is 1. The molecule has 2 aromatic rings. The number of aromatic nitrogens is 4. The van der Waals surface area contributed by atoms with E-state index >= 15 is 0 Å². The summed E-state index contributed by atoms with van der Waals surface area (Å²) in [7, 11) is 0. The molecule has 7 heteroatoms. The predicted molar refractivity (Wildman–Crippen MR) is 79.7 cm³/mol. The van der Waals surface area contributed by atoms with E-state index in [1.807, 2.05) is 0 Å². The highest BCUT2D eigenvalue weighted by atomic mass is 32.1. The fourth-order valence-electron chi connectivity index (χ4n) is 2.57. The monoisotopic (exact) mass is 303 g/mol. The van der Waals surface area contributed by atoms with Crippen LogP contribution in [0.4, 0.5) is 5.13 Å². The van der Waals surface area contributed by atoms with Gasteiger partial charge in [0.1, 0.15) is 5.82 Å². The minimum absolute atomic E-state index is 0.514. The predicted octanol–water partition coefficient (Wildman–Crippen LogP) is 2.11. The van der Waals surface area contributed by atoms with Crippen LogP contribution in [0.3, 0.4) is 0 Å². The summed E-state index contributed by atoms with van der Waals surface area (Å²) >= 11 is 1.53. The lowest BCUT2D eigenvalue weighted by Crippen LogP contribution is -2.21. The van der Waals surface area contributed by atoms with Crippen molar-refractivity contribution in [2.45, 2.75) is 25.2 Å². The van der Waals surface area contributed by atoms with Gasteiger partial charge in [-0.2, -0.15) is 4.37 Å². The van der Waals surface area contributed by atoms with E-state index in [1.54, 1.807) is 18.6 Å². The molecule has 1 saturated heterocycles. The molecule has 0 radical (unpaired) electrons. The number of hydrogen-bond donors (Lipinski definition) is 0. The molecule has 21 heavy (non-hydrogen) atoms. The summed E-state index contributed by atoms with van der Waals surface area (Å²) in [5.41, 5.74) is 0. The topological polar surface area (TPSA) is 64.0 Å². The van der Waals surface area contributed by atoms with E-state index in [0.717, 1.165) is 30.5 Å². The molecule has 0 aromatic carbocycles. The zero-order valence-corrected chi connectivity index (χ0v) is 12.5. The Morgan fingerprint density at radius 3 is 3.05 bits per heavy atom. The van der Waals surface area contributed by atoms with Crippen molar-refractivity contribution in [2.75, 3.05) is 24.6 Å². The summed E-state index contributed by atoms with van der Waals surface area (Å²) in [5.74, 6) is 2.80. The van der Waals surface area contributed by atoms with Crippen molar-refractivity contribution in [1.29, 1.82) is 0 Å². The second-order valence-corrected chi connectivity index (χ2v) is 6.40. The van der Waals surface area contributed by atoms with Crippen LogP contribution >= 0.6 is 11.5 Å². The Morgan fingerprint density at radius 2 is 2.24 bits per heavy atom. The Balaban J connectivity index is 1.31. The normalized spacial score (nSPS) is 21.7. The molecule has 1 aliphatic heterocycles. The van der Waals surface area contributed by atoms with Crippen molar-refractivity contribution in [2.24, 2.45) is 5.92 Å². The summed E-state index contributed by atoms with van der Waals surface area (Å²) < 4.78 is 10.2. The highest BCUT2D eigenvalue weighted by Crippen LogP contribution is 2.40. The Bertz CT molecular complexity index is 600. The quantitative estimate of drug-likeness (QED) is 0.843. The molecule has 0 N–H and O–H groups in total. The SMILES string of the molecule is c1cnc(OCC2CCN(c3nc(C4CC4)ns3)C2)cn1. The van der Waals surface area contributed by atoms with Crippen LogP contribution in [0.2, 0.25) is 0 Å². The molecule has 2 aromatic heterocycles. The molecule has 0 bridgehead atoms. The highest BCUT2D eigenvalue weighted by molar-refractivity contribution is 7.09. The fraction of sp³-hybridized carbons (Fsp3) is 0.571. The van der Waals surface area contributed by atoms with Crippen LogP contribution in [-0.4, -0.2) is 39.0 Å². The average Bonchev–Trinajstić information content (AvgIpc) is 3.08. The van der Waals surface area contributed by atoms with Gasteiger partial charge < -0.3 is 9.64 Å². The molecule has 1 unspecified atom stereocenters. The van der Waals surface area contributed by atoms with Gasteiger partial charge in [-0.3, -0.25) is 4.98 Å². The van der Waals surface area contributed by atoms with Crippen molar-refractivity contribution in [3.8, 4) is 5.88 Å². The first-order valence-corrected chi connectivity index (χ1v) is 8.13. The van der Waals surface area contributed by atoms with Crippen molar-refractivity contribution in [3.63, 3.8) is 0 Å². The smallest absolute Gasteiger partial charge is 0.232 e. The largest absolute Gasteiger partial charge is 0.476 e. The maximum absolute atomic E-state index is 5.69. The summed E-state index contributed by atoms with van der Waals surface area (Å²) in [6.07, 6.45) is 8.58. The van der Waals surface area contributed by atoms with E-state index in [0.29, 0.717) is 24.3 Å². The first-order chi connectivity index (χ1) is 10.4. The lowest BCUT2D eigenvalue weighted by Gasteiger charge is -2.14. The van der Waals surface area contributed by atoms with Gasteiger partial charge >= 0.3 is 0 Å². The standard InChI is InChI=1S/C14H17N5OS/c1-2-11(1)13-17-14(21-18-13)19-6-3-10(8-19)9-20-12-7-15-4-5-16-12/h4-5,7,10-11H,1-3,6,8-9H2. The van der Waals surface area contributed by atoms with Gasteiger partial charge in [0.2, 0.25) is 11.0 Å². The molecule has 110 valence electrons. The summed E-state index contributed by atoms with van der Waals surface area (Å²) in [4.78, 5) is 15.1. The van der Waals surface area contributed by atoms with E-state index in [9.17, 15) is 0 Å². The third-order valence-corrected chi connectivity index (χ3v) is 4.73. The number of anilines is 1. The summed E-state index contributed by atoms with van der Waals surface area (Å²) in [6, 6.07) is 0. The summed E-state index contributed by atoms with van der Waals surface area (Å²) in [6.45, 7) is 2.71. The molecule has 0 spiro atoms. The second kappa shape index (κ2) is 5.55. The van der Waals surface area contributed by atoms with Gasteiger partial charge in [-0.15, -0.1) is 0 Å². The average molecular weight is 303 g/mol. The third kappa shape index (κ3) is 2.97. The minimum atomic E-state index is 0.514. The molecule has 4 rings (SSSR count). The molecule has 1 aliphatic carbocycles. The molecule has 2 aliphatic rings. The number of rotatable bonds is 5. The van der Waals surface area contributed by atoms with E-state index in [1.165, 1.54) is 24.4 Å². The van der Waals surface area contributed by atoms with Gasteiger partial charge in [0, 0.05) is 48.9 Å². The van der Waals surface area contributed by atoms with Crippen LogP contribution in [0.15, 0.2) is 18.6 Å². The first-order valence-electron chi connectivity index (χ1n) is 7.36. The van der Waals surface area contributed by atoms with Crippen LogP contribution < -0.4 is 9.64 Å². The zero-order valence-electron chi connectivity index (χ0n) is 11.7. The van der Waals surface area contributed by atoms with Gasteiger partial charge in [-0.25, -0.2) is 9.97 Å². The van der Waals surface area contributed by atoms with Crippen LogP contribution in [0.25, 0.3) is 0 Å². The lowest BCUT2D eigenvalue weighted by atomic mass is 10.1. The van der Waals surface area contributed by atoms with E-state index in [2.05, 4.69) is 24.2 Å². The Kier molecular flexibility index (Phi) is 3.42. The molecular weight excluding hydrogens is 286 g/mol. The van der Waals surface area contributed by atoms with E-state index < -0.39 is 0 Å². The van der Waals surface area contributed by atoms with Crippen molar-refractivity contribution in [3.05, 3.63) is 24.4 Å². The van der Waals surface area contributed by atoms with Crippen molar-refractivity contribution >= 4 is 16.7 Å². The number of nitrogens with zero attached hydrogens (tertiary/aromatic N) is 5.